The highest BCUT2D eigenvalue weighted by Crippen LogP contribution is 2.38. The van der Waals surface area contributed by atoms with Crippen LogP contribution in [0.4, 0.5) is 0 Å². The van der Waals surface area contributed by atoms with Crippen molar-refractivity contribution in [2.75, 3.05) is 26.4 Å². The van der Waals surface area contributed by atoms with Crippen LogP contribution in [0.5, 0.6) is 0 Å². The molecule has 0 aromatic rings. The number of rotatable bonds is 44. The molecule has 80 heavy (non-hydrogen) atoms. The maximum Gasteiger partial charge on any atom is 0.364 e. The van der Waals surface area contributed by atoms with Crippen molar-refractivity contribution >= 4 is 17.8 Å². The van der Waals surface area contributed by atoms with Gasteiger partial charge < -0.3 is 100 Å². The highest BCUT2D eigenvalue weighted by Gasteiger charge is 2.60. The van der Waals surface area contributed by atoms with Gasteiger partial charge in [-0.1, -0.05) is 174 Å². The van der Waals surface area contributed by atoms with E-state index in [1.807, 2.05) is 0 Å². The summed E-state index contributed by atoms with van der Waals surface area (Å²) >= 11 is 0. The van der Waals surface area contributed by atoms with Gasteiger partial charge in [0.2, 0.25) is 11.8 Å². The first-order valence-corrected chi connectivity index (χ1v) is 30.4. The molecule has 3 saturated heterocycles. The maximum absolute atomic E-state index is 13.3. The smallest absolute Gasteiger partial charge is 0.364 e. The highest BCUT2D eigenvalue weighted by molar-refractivity contribution is 5.77. The van der Waals surface area contributed by atoms with Gasteiger partial charge in [-0.15, -0.1) is 0 Å². The lowest BCUT2D eigenvalue weighted by atomic mass is 9.88. The molecule has 0 aromatic carbocycles. The number of carboxylic acids is 1. The van der Waals surface area contributed by atoms with E-state index in [2.05, 4.69) is 24.5 Å². The molecular weight excluding hydrogens is 1050 g/mol. The fraction of sp³-hybridized carbons (Fsp3) is 0.947. The van der Waals surface area contributed by atoms with Gasteiger partial charge in [-0.2, -0.15) is 0 Å². The zero-order valence-electron chi connectivity index (χ0n) is 48.2. The predicted molar refractivity (Wildman–Crippen MR) is 292 cm³/mol. The summed E-state index contributed by atoms with van der Waals surface area (Å²) in [5, 5.41) is 135. The average molecular weight is 1160 g/mol. The number of aliphatic hydroxyl groups excluding tert-OH is 11. The standard InChI is InChI=1S/C57H106N2O21/c1-4-6-8-10-12-14-16-18-19-20-22-24-26-28-30-39(64)38(59-44(67)31-29-27-25-23-21-17-15-13-11-9-7-5-2)36-75-54-49(71)48(70)51(43(35-62)77-54)78-55-50(72)53(47(69)42(34-61)76-55)80-57(56(73)74)32-40(65)45(58-37(3)63)52(79-57)46(68)41(66)33-60/h38-43,45-55,60-62,64-66,68-72H,4-36H2,1-3H3,(H,58,63)(H,59,67)(H,73,74). The Balaban J connectivity index is 1.67. The van der Waals surface area contributed by atoms with E-state index in [9.17, 15) is 75.7 Å². The third-order valence-electron chi connectivity index (χ3n) is 15.8. The van der Waals surface area contributed by atoms with Gasteiger partial charge in [-0.05, 0) is 12.8 Å². The van der Waals surface area contributed by atoms with Crippen molar-refractivity contribution in [3.63, 3.8) is 0 Å². The fourth-order valence-corrected chi connectivity index (χ4v) is 10.9. The van der Waals surface area contributed by atoms with Crippen LogP contribution in [0, 0.1) is 0 Å². The Hall–Kier alpha value is -2.27. The van der Waals surface area contributed by atoms with E-state index in [1.165, 1.54) is 103 Å². The number of hydrogen-bond acceptors (Lipinski definition) is 20. The number of aliphatic carboxylic acids is 1. The van der Waals surface area contributed by atoms with Gasteiger partial charge in [0.05, 0.1) is 50.7 Å². The van der Waals surface area contributed by atoms with Crippen molar-refractivity contribution in [3.8, 4) is 0 Å². The second kappa shape index (κ2) is 40.1. The SMILES string of the molecule is CCCCCCCCCCCCCCCCC(O)C(COC1OC(CO)C(OC2OC(CO)C(O)C(OC3(C(=O)O)CC(O)C(NC(C)=O)C(C(O)C(O)CO)O3)C2O)C(O)C1O)NC(=O)CCCCCCCCCCCCCC. The molecule has 0 radical (unpaired) electrons. The molecule has 23 nitrogen and oxygen atoms in total. The van der Waals surface area contributed by atoms with E-state index >= 15 is 0 Å². The number of amides is 2. The molecule has 470 valence electrons. The molecule has 3 rings (SSSR count). The van der Waals surface area contributed by atoms with Crippen LogP contribution in [0.2, 0.25) is 0 Å². The number of nitrogens with one attached hydrogen (secondary N) is 2. The molecular formula is C57H106N2O21. The predicted octanol–water partition coefficient (Wildman–Crippen LogP) is 2.61. The van der Waals surface area contributed by atoms with Crippen LogP contribution in [0.3, 0.4) is 0 Å². The van der Waals surface area contributed by atoms with Crippen molar-refractivity contribution in [3.05, 3.63) is 0 Å². The minimum absolute atomic E-state index is 0.227. The lowest BCUT2D eigenvalue weighted by Crippen LogP contribution is -2.70. The van der Waals surface area contributed by atoms with Gasteiger partial charge in [-0.25, -0.2) is 4.79 Å². The van der Waals surface area contributed by atoms with E-state index in [-0.39, 0.29) is 18.9 Å². The van der Waals surface area contributed by atoms with E-state index in [1.54, 1.807) is 0 Å². The molecule has 0 bridgehead atoms. The lowest BCUT2D eigenvalue weighted by Gasteiger charge is -2.50. The molecule has 3 aliphatic rings. The number of carbonyl (C=O) groups is 3. The van der Waals surface area contributed by atoms with Crippen molar-refractivity contribution in [2.24, 2.45) is 0 Å². The maximum atomic E-state index is 13.3. The Kier molecular flexibility index (Phi) is 36.1. The number of carboxylic acid groups (broad SMARTS) is 1. The van der Waals surface area contributed by atoms with E-state index in [0.29, 0.717) is 19.3 Å². The average Bonchev–Trinajstić information content (AvgIpc) is 3.63. The molecule has 14 N–H and O–H groups in total. The zero-order chi connectivity index (χ0) is 59.0. The number of carbonyl (C=O) groups excluding carboxylic acids is 2. The van der Waals surface area contributed by atoms with E-state index in [4.69, 9.17) is 28.4 Å². The molecule has 18 atom stereocenters. The summed E-state index contributed by atoms with van der Waals surface area (Å²) in [6.07, 6.45) is 1.33. The van der Waals surface area contributed by atoms with E-state index in [0.717, 1.165) is 58.3 Å². The third kappa shape index (κ3) is 24.4. The van der Waals surface area contributed by atoms with Crippen molar-refractivity contribution in [2.45, 2.75) is 317 Å². The summed E-state index contributed by atoms with van der Waals surface area (Å²) in [5.41, 5.74) is 0. The first kappa shape index (κ1) is 72.0. The summed E-state index contributed by atoms with van der Waals surface area (Å²) in [4.78, 5) is 38.3. The number of hydrogen-bond donors (Lipinski definition) is 14. The minimum atomic E-state index is -3.07. The highest BCUT2D eigenvalue weighted by atomic mass is 16.8. The molecule has 18 unspecified atom stereocenters. The Bertz CT molecular complexity index is 1660. The van der Waals surface area contributed by atoms with Gasteiger partial charge in [0.25, 0.3) is 5.79 Å². The van der Waals surface area contributed by atoms with Crippen LogP contribution >= 0.6 is 0 Å². The summed E-state index contributed by atoms with van der Waals surface area (Å²) < 4.78 is 34.7. The van der Waals surface area contributed by atoms with Crippen molar-refractivity contribution in [1.82, 2.24) is 10.6 Å². The molecule has 23 heteroatoms. The summed E-state index contributed by atoms with van der Waals surface area (Å²) in [5.74, 6) is -6.10. The third-order valence-corrected chi connectivity index (χ3v) is 15.8. The molecule has 3 fully saturated rings. The molecule has 0 aromatic heterocycles. The van der Waals surface area contributed by atoms with Crippen LogP contribution < -0.4 is 10.6 Å². The number of ether oxygens (including phenoxy) is 6. The quantitative estimate of drug-likeness (QED) is 0.0390. The summed E-state index contributed by atoms with van der Waals surface area (Å²) in [6, 6.07) is -2.52. The van der Waals surface area contributed by atoms with Crippen LogP contribution in [0.25, 0.3) is 0 Å². The molecule has 3 heterocycles. The van der Waals surface area contributed by atoms with E-state index < -0.39 is 148 Å². The fourth-order valence-electron chi connectivity index (χ4n) is 10.9. The van der Waals surface area contributed by atoms with Gasteiger partial charge in [-0.3, -0.25) is 9.59 Å². The van der Waals surface area contributed by atoms with Crippen LogP contribution in [0.15, 0.2) is 0 Å². The molecule has 2 amide bonds. The van der Waals surface area contributed by atoms with Crippen LogP contribution in [0.1, 0.15) is 207 Å². The second-order valence-corrected chi connectivity index (χ2v) is 22.6. The van der Waals surface area contributed by atoms with Gasteiger partial charge in [0.15, 0.2) is 12.6 Å². The number of aliphatic hydroxyl groups is 11. The van der Waals surface area contributed by atoms with Gasteiger partial charge in [0, 0.05) is 19.8 Å². The van der Waals surface area contributed by atoms with Crippen LogP contribution in [-0.2, 0) is 42.8 Å². The van der Waals surface area contributed by atoms with Gasteiger partial charge in [0.1, 0.15) is 67.1 Å². The monoisotopic (exact) mass is 1150 g/mol. The molecule has 0 saturated carbocycles. The number of unbranched alkanes of at least 4 members (excludes halogenated alkanes) is 24. The van der Waals surface area contributed by atoms with Gasteiger partial charge >= 0.3 is 5.97 Å². The summed E-state index contributed by atoms with van der Waals surface area (Å²) in [7, 11) is 0. The largest absolute Gasteiger partial charge is 0.477 e. The van der Waals surface area contributed by atoms with Crippen LogP contribution in [-0.4, -0.2) is 215 Å². The molecule has 0 spiro atoms. The minimum Gasteiger partial charge on any atom is -0.477 e. The Morgan fingerprint density at radius 1 is 0.600 bits per heavy atom. The topological polar surface area (TPSA) is 373 Å². The zero-order valence-corrected chi connectivity index (χ0v) is 48.2. The lowest BCUT2D eigenvalue weighted by molar-refractivity contribution is -0.386. The first-order chi connectivity index (χ1) is 38.4. The Morgan fingerprint density at radius 2 is 1.09 bits per heavy atom. The van der Waals surface area contributed by atoms with Crippen molar-refractivity contribution < 1.29 is 104 Å². The molecule has 0 aliphatic carbocycles. The first-order valence-electron chi connectivity index (χ1n) is 30.4. The Morgan fingerprint density at radius 3 is 1.56 bits per heavy atom. The summed E-state index contributed by atoms with van der Waals surface area (Å²) in [6.45, 7) is 2.16. The van der Waals surface area contributed by atoms with Crippen molar-refractivity contribution in [1.29, 1.82) is 0 Å². The molecule has 3 aliphatic heterocycles. The normalized spacial score (nSPS) is 30.6. The Labute approximate surface area is 474 Å². The second-order valence-electron chi connectivity index (χ2n) is 22.6.